The summed E-state index contributed by atoms with van der Waals surface area (Å²) in [6.07, 6.45) is 4.14. The number of hydrogen-bond donors (Lipinski definition) is 1. The Hall–Kier alpha value is -2.44. The van der Waals surface area contributed by atoms with Crippen molar-refractivity contribution >= 4 is 11.5 Å². The number of pyridine rings is 1. The van der Waals surface area contributed by atoms with Crippen molar-refractivity contribution in [3.8, 4) is 5.82 Å². The van der Waals surface area contributed by atoms with Crippen LogP contribution in [0, 0.1) is 10.1 Å². The van der Waals surface area contributed by atoms with Crippen molar-refractivity contribution in [3.05, 3.63) is 40.2 Å². The van der Waals surface area contributed by atoms with E-state index in [9.17, 15) is 10.1 Å². The summed E-state index contributed by atoms with van der Waals surface area (Å²) in [5, 5.41) is 18.4. The summed E-state index contributed by atoms with van der Waals surface area (Å²) in [5.74, 6) is 1.49. The second-order valence-electron chi connectivity index (χ2n) is 4.82. The normalized spacial score (nSPS) is 14.2. The quantitative estimate of drug-likeness (QED) is 0.668. The first-order valence-electron chi connectivity index (χ1n) is 6.63. The Morgan fingerprint density at radius 2 is 2.30 bits per heavy atom. The zero-order valence-electron chi connectivity index (χ0n) is 11.1. The molecule has 7 nitrogen and oxygen atoms in total. The molecule has 20 heavy (non-hydrogen) atoms. The molecular formula is C13H15N5O2. The van der Waals surface area contributed by atoms with Gasteiger partial charge in [-0.1, -0.05) is 0 Å². The van der Waals surface area contributed by atoms with E-state index in [2.05, 4.69) is 15.4 Å². The molecule has 1 aliphatic carbocycles. The molecule has 104 valence electrons. The van der Waals surface area contributed by atoms with Crippen LogP contribution in [0.5, 0.6) is 0 Å². The Labute approximate surface area is 115 Å². The predicted molar refractivity (Wildman–Crippen MR) is 74.2 cm³/mol. The van der Waals surface area contributed by atoms with Crippen LogP contribution in [-0.2, 0) is 0 Å². The van der Waals surface area contributed by atoms with Gasteiger partial charge in [0.25, 0.3) is 5.69 Å². The minimum Gasteiger partial charge on any atom is -0.370 e. The molecule has 7 heteroatoms. The zero-order chi connectivity index (χ0) is 14.1. The van der Waals surface area contributed by atoms with Crippen molar-refractivity contribution in [1.29, 1.82) is 0 Å². The van der Waals surface area contributed by atoms with E-state index in [0.717, 1.165) is 5.69 Å². The topological polar surface area (TPSA) is 85.9 Å². The molecule has 0 aliphatic heterocycles. The number of nitrogens with zero attached hydrogens (tertiary/aromatic N) is 4. The Bertz CT molecular complexity index is 648. The molecule has 0 atom stereocenters. The number of hydrogen-bond acceptors (Lipinski definition) is 5. The van der Waals surface area contributed by atoms with E-state index in [1.54, 1.807) is 10.9 Å². The molecule has 2 aromatic heterocycles. The van der Waals surface area contributed by atoms with Crippen molar-refractivity contribution in [2.24, 2.45) is 0 Å². The lowest BCUT2D eigenvalue weighted by molar-refractivity contribution is -0.384. The minimum absolute atomic E-state index is 0.00872. The molecule has 2 heterocycles. The molecule has 1 fully saturated rings. The molecular weight excluding hydrogens is 258 g/mol. The average Bonchev–Trinajstić information content (AvgIpc) is 3.16. The summed E-state index contributed by atoms with van der Waals surface area (Å²) in [6, 6.07) is 4.81. The van der Waals surface area contributed by atoms with Gasteiger partial charge in [-0.05, 0) is 25.8 Å². The maximum Gasteiger partial charge on any atom is 0.276 e. The SMILES string of the molecule is CCNc1cc([N+](=O)[O-])cc(-n2ccc(C3CC3)n2)n1. The van der Waals surface area contributed by atoms with Crippen molar-refractivity contribution in [3.63, 3.8) is 0 Å². The molecule has 1 N–H and O–H groups in total. The minimum atomic E-state index is -0.419. The van der Waals surface area contributed by atoms with Gasteiger partial charge in [0.05, 0.1) is 22.7 Å². The maximum absolute atomic E-state index is 11.0. The Balaban J connectivity index is 1.99. The lowest BCUT2D eigenvalue weighted by Gasteiger charge is -2.06. The number of rotatable bonds is 5. The maximum atomic E-state index is 11.0. The number of nitro groups is 1. The van der Waals surface area contributed by atoms with Crippen LogP contribution in [0.4, 0.5) is 11.5 Å². The highest BCUT2D eigenvalue weighted by Crippen LogP contribution is 2.39. The standard InChI is InChI=1S/C13H15N5O2/c1-2-14-12-7-10(18(19)20)8-13(15-12)17-6-5-11(16-17)9-3-4-9/h5-9H,2-4H2,1H3,(H,14,15). The summed E-state index contributed by atoms with van der Waals surface area (Å²) >= 11 is 0. The van der Waals surface area contributed by atoms with Gasteiger partial charge < -0.3 is 5.32 Å². The molecule has 3 rings (SSSR count). The van der Waals surface area contributed by atoms with Gasteiger partial charge in [0, 0.05) is 18.7 Å². The van der Waals surface area contributed by atoms with Crippen LogP contribution >= 0.6 is 0 Å². The van der Waals surface area contributed by atoms with Gasteiger partial charge in [-0.15, -0.1) is 0 Å². The molecule has 0 spiro atoms. The van der Waals surface area contributed by atoms with E-state index in [1.165, 1.54) is 25.0 Å². The third kappa shape index (κ3) is 2.47. The second-order valence-corrected chi connectivity index (χ2v) is 4.82. The molecule has 0 radical (unpaired) electrons. The summed E-state index contributed by atoms with van der Waals surface area (Å²) in [5.41, 5.74) is 1.04. The van der Waals surface area contributed by atoms with Crippen molar-refractivity contribution in [2.75, 3.05) is 11.9 Å². The van der Waals surface area contributed by atoms with Crippen molar-refractivity contribution in [2.45, 2.75) is 25.7 Å². The monoisotopic (exact) mass is 273 g/mol. The molecule has 0 bridgehead atoms. The molecule has 0 saturated heterocycles. The Kier molecular flexibility index (Phi) is 3.09. The predicted octanol–water partition coefficient (Wildman–Crippen LogP) is 2.48. The molecule has 0 aromatic carbocycles. The van der Waals surface area contributed by atoms with E-state index < -0.39 is 4.92 Å². The van der Waals surface area contributed by atoms with Crippen LogP contribution in [0.15, 0.2) is 24.4 Å². The van der Waals surface area contributed by atoms with Gasteiger partial charge in [-0.3, -0.25) is 10.1 Å². The fraction of sp³-hybridized carbons (Fsp3) is 0.385. The average molecular weight is 273 g/mol. The molecule has 1 aliphatic rings. The third-order valence-corrected chi connectivity index (χ3v) is 3.21. The van der Waals surface area contributed by atoms with Gasteiger partial charge in [-0.2, -0.15) is 5.10 Å². The van der Waals surface area contributed by atoms with Crippen LogP contribution < -0.4 is 5.32 Å². The summed E-state index contributed by atoms with van der Waals surface area (Å²) in [4.78, 5) is 14.9. The Morgan fingerprint density at radius 3 is 2.95 bits per heavy atom. The van der Waals surface area contributed by atoms with Crippen molar-refractivity contribution in [1.82, 2.24) is 14.8 Å². The second kappa shape index (κ2) is 4.92. The van der Waals surface area contributed by atoms with E-state index in [4.69, 9.17) is 0 Å². The largest absolute Gasteiger partial charge is 0.370 e. The first-order valence-corrected chi connectivity index (χ1v) is 6.63. The van der Waals surface area contributed by atoms with Crippen molar-refractivity contribution < 1.29 is 4.92 Å². The van der Waals surface area contributed by atoms with Gasteiger partial charge in [0.2, 0.25) is 0 Å². The smallest absolute Gasteiger partial charge is 0.276 e. The number of aromatic nitrogens is 3. The fourth-order valence-corrected chi connectivity index (χ4v) is 2.06. The molecule has 2 aromatic rings. The van der Waals surface area contributed by atoms with Gasteiger partial charge in [-0.25, -0.2) is 9.67 Å². The van der Waals surface area contributed by atoms with Gasteiger partial charge in [0.15, 0.2) is 5.82 Å². The van der Waals surface area contributed by atoms with Crippen LogP contribution in [0.25, 0.3) is 5.82 Å². The first-order chi connectivity index (χ1) is 9.67. The third-order valence-electron chi connectivity index (χ3n) is 3.21. The molecule has 0 amide bonds. The fourth-order valence-electron chi connectivity index (χ4n) is 2.06. The number of anilines is 1. The number of nitrogens with one attached hydrogen (secondary N) is 1. The molecule has 1 saturated carbocycles. The van der Waals surface area contributed by atoms with Crippen LogP contribution in [0.3, 0.4) is 0 Å². The van der Waals surface area contributed by atoms with E-state index in [1.807, 2.05) is 13.0 Å². The highest BCUT2D eigenvalue weighted by Gasteiger charge is 2.26. The lowest BCUT2D eigenvalue weighted by Crippen LogP contribution is -2.05. The highest BCUT2D eigenvalue weighted by atomic mass is 16.6. The summed E-state index contributed by atoms with van der Waals surface area (Å²) < 4.78 is 1.60. The molecule has 0 unspecified atom stereocenters. The van der Waals surface area contributed by atoms with E-state index in [0.29, 0.717) is 24.1 Å². The highest BCUT2D eigenvalue weighted by molar-refractivity contribution is 5.50. The first kappa shape index (κ1) is 12.6. The summed E-state index contributed by atoms with van der Waals surface area (Å²) in [7, 11) is 0. The summed E-state index contributed by atoms with van der Waals surface area (Å²) in [6.45, 7) is 2.57. The van der Waals surface area contributed by atoms with E-state index >= 15 is 0 Å². The van der Waals surface area contributed by atoms with Gasteiger partial charge >= 0.3 is 0 Å². The van der Waals surface area contributed by atoms with Crippen LogP contribution in [-0.4, -0.2) is 26.2 Å². The van der Waals surface area contributed by atoms with Crippen LogP contribution in [0.2, 0.25) is 0 Å². The van der Waals surface area contributed by atoms with Crippen LogP contribution in [0.1, 0.15) is 31.4 Å². The Morgan fingerprint density at radius 1 is 1.50 bits per heavy atom. The zero-order valence-corrected chi connectivity index (χ0v) is 11.1. The van der Waals surface area contributed by atoms with Gasteiger partial charge in [0.1, 0.15) is 5.82 Å². The lowest BCUT2D eigenvalue weighted by atomic mass is 10.3. The van der Waals surface area contributed by atoms with E-state index in [-0.39, 0.29) is 5.69 Å².